The van der Waals surface area contributed by atoms with Crippen molar-refractivity contribution >= 4 is 11.6 Å². The average molecular weight is 445 g/mol. The van der Waals surface area contributed by atoms with Gasteiger partial charge in [-0.25, -0.2) is 0 Å². The molecule has 1 amide bonds. The number of carbonyl (C=O) groups excluding carboxylic acids is 1. The summed E-state index contributed by atoms with van der Waals surface area (Å²) in [6, 6.07) is 8.47. The highest BCUT2D eigenvalue weighted by Crippen LogP contribution is 2.27. The van der Waals surface area contributed by atoms with E-state index in [1.807, 2.05) is 0 Å². The molecule has 0 aliphatic rings. The summed E-state index contributed by atoms with van der Waals surface area (Å²) in [5, 5.41) is 3.26. The lowest BCUT2D eigenvalue weighted by molar-refractivity contribution is -0.122. The van der Waals surface area contributed by atoms with Crippen LogP contribution in [0.5, 0.6) is 0 Å². The number of benzene rings is 1. The standard InChI is InChI=1S/C29H52N2O/c1-5-7-8-9-10-11-12-13-14-15-16-17-18-19-20-25-29(32)30-27(6-2)26-23-21-22-24-28(26)31(3)4/h21-24,27H,5-20,25H2,1-4H3,(H,30,32). The molecule has 32 heavy (non-hydrogen) atoms. The zero-order valence-electron chi connectivity index (χ0n) is 21.8. The Morgan fingerprint density at radius 3 is 1.69 bits per heavy atom. The minimum Gasteiger partial charge on any atom is -0.377 e. The molecule has 1 aromatic rings. The number of rotatable bonds is 20. The Balaban J connectivity index is 2.04. The lowest BCUT2D eigenvalue weighted by Gasteiger charge is -2.24. The number of carbonyl (C=O) groups is 1. The molecule has 0 saturated heterocycles. The van der Waals surface area contributed by atoms with Gasteiger partial charge in [0.25, 0.3) is 0 Å². The summed E-state index contributed by atoms with van der Waals surface area (Å²) >= 11 is 0. The molecule has 184 valence electrons. The molecule has 0 aliphatic heterocycles. The predicted octanol–water partition coefficient (Wildman–Crippen LogP) is 8.58. The van der Waals surface area contributed by atoms with Crippen LogP contribution in [0.1, 0.15) is 135 Å². The third-order valence-electron chi connectivity index (χ3n) is 6.54. The van der Waals surface area contributed by atoms with E-state index in [0.717, 1.165) is 12.8 Å². The van der Waals surface area contributed by atoms with E-state index in [4.69, 9.17) is 0 Å². The summed E-state index contributed by atoms with van der Waals surface area (Å²) in [5.74, 6) is 0.195. The Hall–Kier alpha value is -1.51. The maximum atomic E-state index is 12.5. The largest absolute Gasteiger partial charge is 0.377 e. The van der Waals surface area contributed by atoms with Gasteiger partial charge in [-0.05, 0) is 24.5 Å². The fourth-order valence-corrected chi connectivity index (χ4v) is 4.51. The molecular formula is C29H52N2O. The lowest BCUT2D eigenvalue weighted by Crippen LogP contribution is -2.29. The van der Waals surface area contributed by atoms with Crippen LogP contribution in [0.4, 0.5) is 5.69 Å². The van der Waals surface area contributed by atoms with Gasteiger partial charge in [-0.2, -0.15) is 0 Å². The van der Waals surface area contributed by atoms with Gasteiger partial charge in [0, 0.05) is 26.2 Å². The molecule has 0 saturated carbocycles. The molecule has 1 atom stereocenters. The first-order valence-corrected chi connectivity index (χ1v) is 13.7. The maximum absolute atomic E-state index is 12.5. The molecule has 0 heterocycles. The van der Waals surface area contributed by atoms with Gasteiger partial charge in [0.05, 0.1) is 6.04 Å². The third-order valence-corrected chi connectivity index (χ3v) is 6.54. The van der Waals surface area contributed by atoms with Crippen molar-refractivity contribution in [2.45, 2.75) is 129 Å². The number of unbranched alkanes of at least 4 members (excludes halogenated alkanes) is 14. The number of hydrogen-bond donors (Lipinski definition) is 1. The van der Waals surface area contributed by atoms with E-state index >= 15 is 0 Å². The van der Waals surface area contributed by atoms with Gasteiger partial charge >= 0.3 is 0 Å². The van der Waals surface area contributed by atoms with Crippen LogP contribution in [-0.4, -0.2) is 20.0 Å². The SMILES string of the molecule is CCCCCCCCCCCCCCCCCC(=O)NC(CC)c1ccccc1N(C)C. The first-order valence-electron chi connectivity index (χ1n) is 13.7. The van der Waals surface area contributed by atoms with Crippen LogP contribution in [0.2, 0.25) is 0 Å². The molecule has 0 spiro atoms. The third kappa shape index (κ3) is 13.1. The van der Waals surface area contributed by atoms with Crippen LogP contribution in [0.15, 0.2) is 24.3 Å². The molecular weight excluding hydrogens is 392 g/mol. The van der Waals surface area contributed by atoms with Gasteiger partial charge in [-0.3, -0.25) is 4.79 Å². The molecule has 0 radical (unpaired) electrons. The van der Waals surface area contributed by atoms with Crippen molar-refractivity contribution in [1.82, 2.24) is 5.32 Å². The van der Waals surface area contributed by atoms with Crippen LogP contribution in [-0.2, 0) is 4.79 Å². The number of anilines is 1. The highest BCUT2D eigenvalue weighted by Gasteiger charge is 2.16. The number of nitrogens with one attached hydrogen (secondary N) is 1. The van der Waals surface area contributed by atoms with Crippen LogP contribution < -0.4 is 10.2 Å². The first kappa shape index (κ1) is 28.5. The summed E-state index contributed by atoms with van der Waals surface area (Å²) < 4.78 is 0. The fourth-order valence-electron chi connectivity index (χ4n) is 4.51. The van der Waals surface area contributed by atoms with Crippen molar-refractivity contribution in [2.75, 3.05) is 19.0 Å². The lowest BCUT2D eigenvalue weighted by atomic mass is 10.0. The van der Waals surface area contributed by atoms with E-state index in [1.165, 1.54) is 101 Å². The summed E-state index contributed by atoms with van der Waals surface area (Å²) in [4.78, 5) is 14.6. The minimum absolute atomic E-state index is 0.0949. The molecule has 0 fully saturated rings. The Labute approximate surface area is 199 Å². The molecule has 1 aromatic carbocycles. The van der Waals surface area contributed by atoms with Crippen LogP contribution in [0.25, 0.3) is 0 Å². The van der Waals surface area contributed by atoms with Crippen molar-refractivity contribution in [1.29, 1.82) is 0 Å². The van der Waals surface area contributed by atoms with Gasteiger partial charge in [0.2, 0.25) is 5.91 Å². The highest BCUT2D eigenvalue weighted by molar-refractivity contribution is 5.76. The minimum atomic E-state index is 0.0949. The van der Waals surface area contributed by atoms with Gasteiger partial charge in [0.15, 0.2) is 0 Å². The van der Waals surface area contributed by atoms with Gasteiger partial charge in [0.1, 0.15) is 0 Å². The summed E-state index contributed by atoms with van der Waals surface area (Å²) in [6.07, 6.45) is 21.9. The van der Waals surface area contributed by atoms with Crippen LogP contribution >= 0.6 is 0 Å². The Bertz CT molecular complexity index is 584. The second kappa shape index (κ2) is 19.0. The van der Waals surface area contributed by atoms with E-state index in [9.17, 15) is 4.79 Å². The quantitative estimate of drug-likeness (QED) is 0.204. The molecule has 0 bridgehead atoms. The molecule has 0 aliphatic carbocycles. The van der Waals surface area contributed by atoms with Gasteiger partial charge in [-0.15, -0.1) is 0 Å². The first-order chi connectivity index (χ1) is 15.6. The summed E-state index contributed by atoms with van der Waals surface area (Å²) in [5.41, 5.74) is 2.40. The molecule has 1 unspecified atom stereocenters. The Morgan fingerprint density at radius 1 is 0.750 bits per heavy atom. The van der Waals surface area contributed by atoms with Crippen molar-refractivity contribution < 1.29 is 4.79 Å². The second-order valence-electron chi connectivity index (χ2n) is 9.68. The smallest absolute Gasteiger partial charge is 0.220 e. The van der Waals surface area contributed by atoms with E-state index in [2.05, 4.69) is 62.4 Å². The summed E-state index contributed by atoms with van der Waals surface area (Å²) in [7, 11) is 4.12. The van der Waals surface area contributed by atoms with Crippen LogP contribution in [0.3, 0.4) is 0 Å². The zero-order valence-corrected chi connectivity index (χ0v) is 21.8. The topological polar surface area (TPSA) is 32.3 Å². The van der Waals surface area contributed by atoms with E-state index in [0.29, 0.717) is 6.42 Å². The van der Waals surface area contributed by atoms with Gasteiger partial charge in [-0.1, -0.05) is 122 Å². The molecule has 1 N–H and O–H groups in total. The number of para-hydroxylation sites is 1. The Morgan fingerprint density at radius 2 is 1.22 bits per heavy atom. The van der Waals surface area contributed by atoms with Crippen molar-refractivity contribution in [2.24, 2.45) is 0 Å². The van der Waals surface area contributed by atoms with Crippen molar-refractivity contribution in [3.63, 3.8) is 0 Å². The molecule has 0 aromatic heterocycles. The fraction of sp³-hybridized carbons (Fsp3) is 0.759. The van der Waals surface area contributed by atoms with E-state index in [1.54, 1.807) is 0 Å². The van der Waals surface area contributed by atoms with Crippen molar-refractivity contribution in [3.05, 3.63) is 29.8 Å². The monoisotopic (exact) mass is 444 g/mol. The Kier molecular flexibility index (Phi) is 16.9. The summed E-state index contributed by atoms with van der Waals surface area (Å²) in [6.45, 7) is 4.43. The highest BCUT2D eigenvalue weighted by atomic mass is 16.1. The normalized spacial score (nSPS) is 12.0. The van der Waals surface area contributed by atoms with Gasteiger partial charge < -0.3 is 10.2 Å². The molecule has 1 rings (SSSR count). The van der Waals surface area contributed by atoms with E-state index in [-0.39, 0.29) is 11.9 Å². The van der Waals surface area contributed by atoms with Crippen molar-refractivity contribution in [3.8, 4) is 0 Å². The second-order valence-corrected chi connectivity index (χ2v) is 9.68. The number of hydrogen-bond acceptors (Lipinski definition) is 2. The average Bonchev–Trinajstić information content (AvgIpc) is 2.80. The molecule has 3 nitrogen and oxygen atoms in total. The zero-order chi connectivity index (χ0) is 23.4. The molecule has 3 heteroatoms. The van der Waals surface area contributed by atoms with E-state index < -0.39 is 0 Å². The number of amides is 1. The van der Waals surface area contributed by atoms with Crippen LogP contribution in [0, 0.1) is 0 Å². The number of nitrogens with zero attached hydrogens (tertiary/aromatic N) is 1. The maximum Gasteiger partial charge on any atom is 0.220 e. The predicted molar refractivity (Wildman–Crippen MR) is 141 cm³/mol.